The third-order valence-electron chi connectivity index (χ3n) is 5.07. The van der Waals surface area contributed by atoms with E-state index in [0.717, 1.165) is 39.0 Å². The van der Waals surface area contributed by atoms with Crippen LogP contribution in [0.1, 0.15) is 22.3 Å². The first-order valence-corrected chi connectivity index (χ1v) is 9.57. The second-order valence-corrected chi connectivity index (χ2v) is 6.85. The van der Waals surface area contributed by atoms with E-state index in [4.69, 9.17) is 4.74 Å². The standard InChI is InChI=1S/C20H25N5O2/c26-19(17-14-22-20(23-15-17)25-10-12-27-13-11-25)21-7-9-24-8-3-5-16-4-1-2-6-18(16)24/h1-2,4,6,14-15H,3,5,7-13H2,(H,21,26). The highest BCUT2D eigenvalue weighted by Crippen LogP contribution is 2.25. The summed E-state index contributed by atoms with van der Waals surface area (Å²) in [5.74, 6) is 0.522. The molecule has 2 aromatic rings. The summed E-state index contributed by atoms with van der Waals surface area (Å²) >= 11 is 0. The number of hydrogen-bond donors (Lipinski definition) is 1. The summed E-state index contributed by atoms with van der Waals surface area (Å²) in [6.07, 6.45) is 5.49. The molecule has 1 aromatic carbocycles. The number of carbonyl (C=O) groups excluding carboxylic acids is 1. The highest BCUT2D eigenvalue weighted by Gasteiger charge is 2.17. The van der Waals surface area contributed by atoms with E-state index in [1.165, 1.54) is 11.3 Å². The topological polar surface area (TPSA) is 70.6 Å². The number of hydrogen-bond acceptors (Lipinski definition) is 6. The average Bonchev–Trinajstić information content (AvgIpc) is 2.74. The number of anilines is 2. The Balaban J connectivity index is 1.30. The maximum atomic E-state index is 12.4. The quantitative estimate of drug-likeness (QED) is 0.864. The number of fused-ring (bicyclic) bond motifs is 1. The second kappa shape index (κ2) is 8.35. The van der Waals surface area contributed by atoms with Crippen LogP contribution in [0.4, 0.5) is 11.6 Å². The van der Waals surface area contributed by atoms with Gasteiger partial charge < -0.3 is 19.9 Å². The summed E-state index contributed by atoms with van der Waals surface area (Å²) in [7, 11) is 0. The van der Waals surface area contributed by atoms with Gasteiger partial charge in [-0.3, -0.25) is 4.79 Å². The van der Waals surface area contributed by atoms with E-state index in [0.29, 0.717) is 31.3 Å². The van der Waals surface area contributed by atoms with E-state index in [-0.39, 0.29) is 5.91 Å². The van der Waals surface area contributed by atoms with Gasteiger partial charge in [0, 0.05) is 50.8 Å². The van der Waals surface area contributed by atoms with Crippen LogP contribution in [0.5, 0.6) is 0 Å². The second-order valence-electron chi connectivity index (χ2n) is 6.85. The summed E-state index contributed by atoms with van der Waals surface area (Å²) in [6.45, 7) is 5.36. The highest BCUT2D eigenvalue weighted by atomic mass is 16.5. The minimum Gasteiger partial charge on any atom is -0.378 e. The maximum absolute atomic E-state index is 12.4. The van der Waals surface area contributed by atoms with Crippen molar-refractivity contribution in [2.75, 3.05) is 55.7 Å². The van der Waals surface area contributed by atoms with Gasteiger partial charge in [-0.05, 0) is 24.5 Å². The molecule has 3 heterocycles. The molecule has 0 spiro atoms. The van der Waals surface area contributed by atoms with Crippen molar-refractivity contribution in [1.82, 2.24) is 15.3 Å². The van der Waals surface area contributed by atoms with E-state index < -0.39 is 0 Å². The third kappa shape index (κ3) is 4.19. The van der Waals surface area contributed by atoms with Crippen LogP contribution in [0.3, 0.4) is 0 Å². The van der Waals surface area contributed by atoms with E-state index in [1.54, 1.807) is 12.4 Å². The fraction of sp³-hybridized carbons (Fsp3) is 0.450. The first kappa shape index (κ1) is 17.7. The van der Waals surface area contributed by atoms with Gasteiger partial charge in [0.2, 0.25) is 5.95 Å². The number of nitrogens with zero attached hydrogens (tertiary/aromatic N) is 4. The Bertz CT molecular complexity index is 774. The number of aromatic nitrogens is 2. The number of carbonyl (C=O) groups is 1. The van der Waals surface area contributed by atoms with Gasteiger partial charge in [0.15, 0.2) is 0 Å². The van der Waals surface area contributed by atoms with Crippen molar-refractivity contribution in [2.24, 2.45) is 0 Å². The predicted octanol–water partition coefficient (Wildman–Crippen LogP) is 1.50. The number of rotatable bonds is 5. The van der Waals surface area contributed by atoms with E-state index in [2.05, 4.69) is 49.4 Å². The van der Waals surface area contributed by atoms with Crippen molar-refractivity contribution in [1.29, 1.82) is 0 Å². The molecule has 1 fully saturated rings. The van der Waals surface area contributed by atoms with Crippen LogP contribution in [0, 0.1) is 0 Å². The normalized spacial score (nSPS) is 16.7. The average molecular weight is 367 g/mol. The molecule has 0 radical (unpaired) electrons. The fourth-order valence-electron chi connectivity index (χ4n) is 3.62. The van der Waals surface area contributed by atoms with Gasteiger partial charge in [-0.2, -0.15) is 0 Å². The Kier molecular flexibility index (Phi) is 5.48. The Labute approximate surface area is 159 Å². The van der Waals surface area contributed by atoms with Crippen molar-refractivity contribution < 1.29 is 9.53 Å². The van der Waals surface area contributed by atoms with Crippen LogP contribution in [-0.4, -0.2) is 61.8 Å². The summed E-state index contributed by atoms with van der Waals surface area (Å²) in [4.78, 5) is 25.5. The summed E-state index contributed by atoms with van der Waals surface area (Å²) < 4.78 is 5.33. The number of benzene rings is 1. The van der Waals surface area contributed by atoms with Crippen molar-refractivity contribution in [3.05, 3.63) is 47.8 Å². The van der Waals surface area contributed by atoms with Gasteiger partial charge in [-0.1, -0.05) is 18.2 Å². The van der Waals surface area contributed by atoms with E-state index in [9.17, 15) is 4.79 Å². The molecular formula is C20H25N5O2. The van der Waals surface area contributed by atoms with Gasteiger partial charge in [0.25, 0.3) is 5.91 Å². The molecule has 0 unspecified atom stereocenters. The molecule has 4 rings (SSSR count). The molecule has 0 bridgehead atoms. The van der Waals surface area contributed by atoms with Gasteiger partial charge in [0.05, 0.1) is 18.8 Å². The van der Waals surface area contributed by atoms with Crippen molar-refractivity contribution >= 4 is 17.5 Å². The SMILES string of the molecule is O=C(NCCN1CCCc2ccccc21)c1cnc(N2CCOCC2)nc1. The summed E-state index contributed by atoms with van der Waals surface area (Å²) in [5, 5.41) is 2.98. The minimum absolute atomic E-state index is 0.131. The molecule has 27 heavy (non-hydrogen) atoms. The van der Waals surface area contributed by atoms with Gasteiger partial charge in [0.1, 0.15) is 0 Å². The van der Waals surface area contributed by atoms with Crippen molar-refractivity contribution in [3.63, 3.8) is 0 Å². The lowest BCUT2D eigenvalue weighted by Crippen LogP contribution is -2.38. The van der Waals surface area contributed by atoms with Crippen LogP contribution >= 0.6 is 0 Å². The summed E-state index contributed by atoms with van der Waals surface area (Å²) in [5.41, 5.74) is 3.17. The Hall–Kier alpha value is -2.67. The fourth-order valence-corrected chi connectivity index (χ4v) is 3.62. The van der Waals surface area contributed by atoms with Crippen molar-refractivity contribution in [2.45, 2.75) is 12.8 Å². The molecule has 1 amide bonds. The van der Waals surface area contributed by atoms with Crippen LogP contribution < -0.4 is 15.1 Å². The third-order valence-corrected chi connectivity index (χ3v) is 5.07. The van der Waals surface area contributed by atoms with Crippen LogP contribution in [0.15, 0.2) is 36.7 Å². The molecule has 142 valence electrons. The zero-order valence-electron chi connectivity index (χ0n) is 15.4. The smallest absolute Gasteiger partial charge is 0.254 e. The molecule has 7 nitrogen and oxygen atoms in total. The number of morpholine rings is 1. The molecule has 1 aromatic heterocycles. The zero-order chi connectivity index (χ0) is 18.5. The van der Waals surface area contributed by atoms with Crippen LogP contribution in [0.25, 0.3) is 0 Å². The van der Waals surface area contributed by atoms with Crippen LogP contribution in [0.2, 0.25) is 0 Å². The zero-order valence-corrected chi connectivity index (χ0v) is 15.4. The minimum atomic E-state index is -0.131. The molecule has 2 aliphatic rings. The number of aryl methyl sites for hydroxylation is 1. The Morgan fingerprint density at radius 1 is 1.11 bits per heavy atom. The van der Waals surface area contributed by atoms with E-state index in [1.807, 2.05) is 0 Å². The molecular weight excluding hydrogens is 342 g/mol. The molecule has 1 N–H and O–H groups in total. The molecule has 1 saturated heterocycles. The molecule has 2 aliphatic heterocycles. The van der Waals surface area contributed by atoms with Gasteiger partial charge in [-0.25, -0.2) is 9.97 Å². The number of ether oxygens (including phenoxy) is 1. The number of amides is 1. The lowest BCUT2D eigenvalue weighted by Gasteiger charge is -2.31. The predicted molar refractivity (Wildman–Crippen MR) is 104 cm³/mol. The Morgan fingerprint density at radius 2 is 1.89 bits per heavy atom. The molecule has 0 aliphatic carbocycles. The van der Waals surface area contributed by atoms with Gasteiger partial charge >= 0.3 is 0 Å². The lowest BCUT2D eigenvalue weighted by atomic mass is 10.0. The Morgan fingerprint density at radius 3 is 2.70 bits per heavy atom. The lowest BCUT2D eigenvalue weighted by molar-refractivity contribution is 0.0953. The van der Waals surface area contributed by atoms with Crippen LogP contribution in [-0.2, 0) is 11.2 Å². The molecule has 0 saturated carbocycles. The largest absolute Gasteiger partial charge is 0.378 e. The number of para-hydroxylation sites is 1. The first-order chi connectivity index (χ1) is 13.3. The van der Waals surface area contributed by atoms with Gasteiger partial charge in [-0.15, -0.1) is 0 Å². The first-order valence-electron chi connectivity index (χ1n) is 9.57. The maximum Gasteiger partial charge on any atom is 0.254 e. The molecule has 7 heteroatoms. The van der Waals surface area contributed by atoms with Crippen molar-refractivity contribution in [3.8, 4) is 0 Å². The summed E-state index contributed by atoms with van der Waals surface area (Å²) in [6, 6.07) is 8.51. The van der Waals surface area contributed by atoms with E-state index >= 15 is 0 Å². The monoisotopic (exact) mass is 367 g/mol. The highest BCUT2D eigenvalue weighted by molar-refractivity contribution is 5.93. The molecule has 0 atom stereocenters. The number of nitrogens with one attached hydrogen (secondary N) is 1.